The summed E-state index contributed by atoms with van der Waals surface area (Å²) in [6, 6.07) is 0.118. The van der Waals surface area contributed by atoms with Gasteiger partial charge in [-0.15, -0.1) is 0 Å². The lowest BCUT2D eigenvalue weighted by Gasteiger charge is -2.49. The fourth-order valence-electron chi connectivity index (χ4n) is 5.19. The molecular formula is C19H27N5O2. The smallest absolute Gasteiger partial charge is 0.331 e. The highest BCUT2D eigenvalue weighted by Crippen LogP contribution is 2.53. The summed E-state index contributed by atoms with van der Waals surface area (Å²) in [5.74, 6) is 2.49. The topological polar surface area (TPSA) is 84.8 Å². The first-order valence-corrected chi connectivity index (χ1v) is 9.95. The fraction of sp³-hybridized carbons (Fsp3) is 0.737. The van der Waals surface area contributed by atoms with Crippen LogP contribution in [0.5, 0.6) is 0 Å². The number of hydrogen-bond donors (Lipinski definition) is 2. The summed E-state index contributed by atoms with van der Waals surface area (Å²) in [7, 11) is 0. The van der Waals surface area contributed by atoms with Crippen LogP contribution >= 0.6 is 0 Å². The highest BCUT2D eigenvalue weighted by molar-refractivity contribution is 6.18. The molecule has 3 heterocycles. The van der Waals surface area contributed by atoms with Crippen molar-refractivity contribution in [1.82, 2.24) is 14.9 Å². The Morgan fingerprint density at radius 2 is 1.92 bits per heavy atom. The highest BCUT2D eigenvalue weighted by Gasteiger charge is 2.51. The number of H-pyrrole nitrogens is 1. The predicted molar refractivity (Wildman–Crippen MR) is 98.7 cm³/mol. The van der Waals surface area contributed by atoms with Gasteiger partial charge in [0.15, 0.2) is 11.7 Å². The first-order valence-electron chi connectivity index (χ1n) is 9.95. The summed E-state index contributed by atoms with van der Waals surface area (Å²) >= 11 is 0. The van der Waals surface area contributed by atoms with E-state index in [4.69, 9.17) is 9.98 Å². The van der Waals surface area contributed by atoms with Crippen molar-refractivity contribution >= 4 is 17.7 Å². The molecule has 5 aliphatic rings. The van der Waals surface area contributed by atoms with Crippen molar-refractivity contribution in [3.05, 3.63) is 11.5 Å². The van der Waals surface area contributed by atoms with Crippen LogP contribution in [0, 0.1) is 0 Å². The first-order chi connectivity index (χ1) is 12.4. The molecule has 2 aliphatic heterocycles. The molecule has 1 aromatic heterocycles. The van der Waals surface area contributed by atoms with E-state index < -0.39 is 5.60 Å². The molecule has 7 nitrogen and oxygen atoms in total. The van der Waals surface area contributed by atoms with E-state index in [-0.39, 0.29) is 17.5 Å². The second-order valence-corrected chi connectivity index (χ2v) is 8.64. The third-order valence-electron chi connectivity index (χ3n) is 6.83. The van der Waals surface area contributed by atoms with Crippen molar-refractivity contribution in [1.29, 1.82) is 0 Å². The predicted octanol–water partition coefficient (Wildman–Crippen LogP) is 2.55. The number of nitrogens with zero attached hydrogens (tertiary/aromatic N) is 4. The molecule has 0 spiro atoms. The number of nitrogens with one attached hydrogen (secondary N) is 1. The van der Waals surface area contributed by atoms with Crippen molar-refractivity contribution in [2.24, 2.45) is 4.99 Å². The average Bonchev–Trinajstić information content (AvgIpc) is 3.24. The number of fused-ring (bicyclic) bond motifs is 6. The summed E-state index contributed by atoms with van der Waals surface area (Å²) in [4.78, 5) is 29.8. The zero-order valence-corrected chi connectivity index (χ0v) is 15.6. The van der Waals surface area contributed by atoms with Crippen LogP contribution in [-0.2, 0) is 5.41 Å². The first kappa shape index (κ1) is 16.3. The number of anilines is 1. The Balaban J connectivity index is 1.59. The Morgan fingerprint density at radius 3 is 2.58 bits per heavy atom. The number of urea groups is 1. The van der Waals surface area contributed by atoms with E-state index in [9.17, 15) is 9.90 Å². The monoisotopic (exact) mass is 357 g/mol. The third-order valence-corrected chi connectivity index (χ3v) is 6.83. The maximum Gasteiger partial charge on any atom is 0.331 e. The normalized spacial score (nSPS) is 35.6. The second-order valence-electron chi connectivity index (χ2n) is 8.64. The number of hydrogen-bond acceptors (Lipinski definition) is 4. The minimum absolute atomic E-state index is 0.000312. The number of rotatable bonds is 3. The maximum atomic E-state index is 13.0. The summed E-state index contributed by atoms with van der Waals surface area (Å²) in [6.45, 7) is 5.43. The number of aliphatic hydroxyl groups is 1. The molecule has 3 saturated carbocycles. The van der Waals surface area contributed by atoms with E-state index in [1.165, 1.54) is 0 Å². The van der Waals surface area contributed by atoms with Gasteiger partial charge in [-0.25, -0.2) is 9.78 Å². The molecule has 26 heavy (non-hydrogen) atoms. The Hall–Kier alpha value is -1.89. The largest absolute Gasteiger partial charge is 0.390 e. The van der Waals surface area contributed by atoms with Gasteiger partial charge >= 0.3 is 6.03 Å². The number of carbonyl (C=O) groups is 1. The summed E-state index contributed by atoms with van der Waals surface area (Å²) < 4.78 is 0. The SMILES string of the molecule is CCCN1C(=O)N2CC(C)N=C2c2[nH]c(C34CCC(O)(CC3)CC4)nc21. The molecule has 3 fully saturated rings. The van der Waals surface area contributed by atoms with Gasteiger partial charge in [0.05, 0.1) is 18.2 Å². The van der Waals surface area contributed by atoms with Gasteiger partial charge in [0.2, 0.25) is 0 Å². The van der Waals surface area contributed by atoms with Gasteiger partial charge in [0, 0.05) is 12.0 Å². The Labute approximate surface area is 153 Å². The van der Waals surface area contributed by atoms with E-state index in [0.717, 1.165) is 68.1 Å². The zero-order chi connectivity index (χ0) is 18.1. The van der Waals surface area contributed by atoms with Crippen LogP contribution in [0.2, 0.25) is 0 Å². The average molecular weight is 357 g/mol. The number of amidine groups is 1. The minimum Gasteiger partial charge on any atom is -0.390 e. The molecule has 2 amide bonds. The number of aromatic nitrogens is 2. The molecule has 1 atom stereocenters. The molecule has 0 radical (unpaired) electrons. The van der Waals surface area contributed by atoms with Gasteiger partial charge in [-0.05, 0) is 51.9 Å². The van der Waals surface area contributed by atoms with Crippen molar-refractivity contribution in [2.75, 3.05) is 18.0 Å². The molecule has 7 heteroatoms. The molecule has 2 N–H and O–H groups in total. The molecule has 0 aromatic carbocycles. The summed E-state index contributed by atoms with van der Waals surface area (Å²) in [5, 5.41) is 10.5. The van der Waals surface area contributed by atoms with Crippen LogP contribution in [0.25, 0.3) is 0 Å². The van der Waals surface area contributed by atoms with Crippen molar-refractivity contribution < 1.29 is 9.90 Å². The molecular weight excluding hydrogens is 330 g/mol. The quantitative estimate of drug-likeness (QED) is 0.872. The lowest BCUT2D eigenvalue weighted by Crippen LogP contribution is -2.50. The Bertz CT molecular complexity index is 773. The van der Waals surface area contributed by atoms with Gasteiger partial charge in [0.1, 0.15) is 11.5 Å². The van der Waals surface area contributed by atoms with Crippen LogP contribution in [0.3, 0.4) is 0 Å². The molecule has 2 bridgehead atoms. The van der Waals surface area contributed by atoms with Gasteiger partial charge in [-0.2, -0.15) is 0 Å². The number of amides is 2. The summed E-state index contributed by atoms with van der Waals surface area (Å²) in [5.41, 5.74) is 0.455. The van der Waals surface area contributed by atoms with Crippen LogP contribution < -0.4 is 4.90 Å². The molecule has 1 unspecified atom stereocenters. The van der Waals surface area contributed by atoms with Crippen LogP contribution in [0.15, 0.2) is 4.99 Å². The Morgan fingerprint density at radius 1 is 1.23 bits per heavy atom. The molecule has 0 saturated heterocycles. The van der Waals surface area contributed by atoms with E-state index in [2.05, 4.69) is 11.9 Å². The van der Waals surface area contributed by atoms with E-state index >= 15 is 0 Å². The minimum atomic E-state index is -0.458. The number of aliphatic imine (C=N–C) groups is 1. The number of carbonyl (C=O) groups excluding carboxylic acids is 1. The van der Waals surface area contributed by atoms with Gasteiger partial charge in [-0.1, -0.05) is 6.92 Å². The third kappa shape index (κ3) is 2.12. The molecule has 140 valence electrons. The molecule has 6 rings (SSSR count). The van der Waals surface area contributed by atoms with E-state index in [1.54, 1.807) is 4.90 Å². The highest BCUT2D eigenvalue weighted by atomic mass is 16.3. The van der Waals surface area contributed by atoms with E-state index in [0.29, 0.717) is 13.1 Å². The lowest BCUT2D eigenvalue weighted by molar-refractivity contribution is -0.0678. The van der Waals surface area contributed by atoms with Gasteiger partial charge in [0.25, 0.3) is 0 Å². The zero-order valence-electron chi connectivity index (χ0n) is 15.6. The van der Waals surface area contributed by atoms with Crippen molar-refractivity contribution in [2.45, 2.75) is 75.9 Å². The number of aromatic amines is 1. The molecule has 1 aromatic rings. The van der Waals surface area contributed by atoms with Crippen LogP contribution in [-0.4, -0.2) is 56.6 Å². The second kappa shape index (κ2) is 5.31. The van der Waals surface area contributed by atoms with Crippen LogP contribution in [0.1, 0.15) is 70.3 Å². The van der Waals surface area contributed by atoms with E-state index in [1.807, 2.05) is 11.8 Å². The Kier molecular flexibility index (Phi) is 3.33. The van der Waals surface area contributed by atoms with Crippen molar-refractivity contribution in [3.63, 3.8) is 0 Å². The number of imidazole rings is 1. The maximum absolute atomic E-state index is 13.0. The van der Waals surface area contributed by atoms with Crippen molar-refractivity contribution in [3.8, 4) is 0 Å². The fourth-order valence-corrected chi connectivity index (χ4v) is 5.19. The lowest BCUT2D eigenvalue weighted by atomic mass is 9.58. The summed E-state index contributed by atoms with van der Waals surface area (Å²) in [6.07, 6.45) is 6.32. The van der Waals surface area contributed by atoms with Gasteiger partial charge in [-0.3, -0.25) is 14.8 Å². The standard InChI is InChI=1S/C19H27N5O2/c1-3-10-23-15-13(14-20-12(2)11-24(14)17(23)25)21-16(22-15)18-4-7-19(26,8-5-18)9-6-18/h12,26H,3-11H2,1-2H3,(H,21,22). The van der Waals surface area contributed by atoms with Gasteiger partial charge < -0.3 is 10.1 Å². The van der Waals surface area contributed by atoms with Crippen LogP contribution in [0.4, 0.5) is 10.6 Å². The molecule has 3 aliphatic carbocycles.